The Balaban J connectivity index is 1.35. The average Bonchev–Trinajstić information content (AvgIpc) is 2.87. The lowest BCUT2D eigenvalue weighted by Crippen LogP contribution is -2.18. The Morgan fingerprint density at radius 2 is 1.58 bits per heavy atom. The van der Waals surface area contributed by atoms with Crippen LogP contribution in [0.5, 0.6) is 5.75 Å². The van der Waals surface area contributed by atoms with Crippen molar-refractivity contribution in [2.45, 2.75) is 96.8 Å². The highest BCUT2D eigenvalue weighted by Gasteiger charge is 2.33. The summed E-state index contributed by atoms with van der Waals surface area (Å²) in [5.74, 6) is -2.47. The summed E-state index contributed by atoms with van der Waals surface area (Å²) in [7, 11) is 0. The van der Waals surface area contributed by atoms with Gasteiger partial charge in [-0.2, -0.15) is 0 Å². The van der Waals surface area contributed by atoms with Crippen molar-refractivity contribution in [1.29, 1.82) is 0 Å². The molecule has 0 radical (unpaired) electrons. The van der Waals surface area contributed by atoms with Gasteiger partial charge in [-0.05, 0) is 72.4 Å². The molecule has 2 aliphatic rings. The van der Waals surface area contributed by atoms with Crippen LogP contribution in [-0.4, -0.2) is 6.36 Å². The molecule has 1 fully saturated rings. The van der Waals surface area contributed by atoms with Crippen molar-refractivity contribution in [1.82, 2.24) is 0 Å². The average molecular weight is 539 g/mol. The zero-order valence-corrected chi connectivity index (χ0v) is 21.9. The van der Waals surface area contributed by atoms with Crippen LogP contribution in [0.4, 0.5) is 26.3 Å². The summed E-state index contributed by atoms with van der Waals surface area (Å²) >= 11 is 0. The Kier molecular flexibility index (Phi) is 9.48. The summed E-state index contributed by atoms with van der Waals surface area (Å²) in [6, 6.07) is 3.71. The third-order valence-corrected chi connectivity index (χ3v) is 8.18. The molecule has 1 nitrogen and oxygen atoms in total. The summed E-state index contributed by atoms with van der Waals surface area (Å²) in [4.78, 5) is 0. The van der Waals surface area contributed by atoms with E-state index in [-0.39, 0.29) is 5.56 Å². The Bertz CT molecular complexity index is 1130. The van der Waals surface area contributed by atoms with Crippen LogP contribution in [0.25, 0.3) is 11.1 Å². The number of fused-ring (bicyclic) bond motifs is 1. The number of unbranched alkanes of at least 4 members (excludes halogenated alkanes) is 3. The van der Waals surface area contributed by atoms with Gasteiger partial charge in [0.05, 0.1) is 5.56 Å². The molecule has 0 saturated heterocycles. The van der Waals surface area contributed by atoms with Crippen LogP contribution in [0.2, 0.25) is 0 Å². The van der Waals surface area contributed by atoms with Gasteiger partial charge in [0.1, 0.15) is 11.6 Å². The lowest BCUT2D eigenvalue weighted by Gasteiger charge is -2.29. The van der Waals surface area contributed by atoms with Crippen molar-refractivity contribution >= 4 is 0 Å². The third kappa shape index (κ3) is 7.35. The maximum atomic E-state index is 15.4. The number of hydrogen-bond donors (Lipinski definition) is 0. The predicted octanol–water partition coefficient (Wildman–Crippen LogP) is 10.3. The zero-order chi connectivity index (χ0) is 27.3. The van der Waals surface area contributed by atoms with E-state index in [0.29, 0.717) is 36.0 Å². The molecular weight excluding hydrogens is 502 g/mol. The van der Waals surface area contributed by atoms with Crippen LogP contribution in [0, 0.1) is 29.3 Å². The highest BCUT2D eigenvalue weighted by Crippen LogP contribution is 2.38. The van der Waals surface area contributed by atoms with Crippen LogP contribution in [-0.2, 0) is 12.8 Å². The summed E-state index contributed by atoms with van der Waals surface area (Å²) in [6.07, 6.45) is 11.5. The Labute approximate surface area is 221 Å². The van der Waals surface area contributed by atoms with Crippen molar-refractivity contribution in [3.05, 3.63) is 64.5 Å². The number of alkyl halides is 3. The monoisotopic (exact) mass is 538 g/mol. The first-order chi connectivity index (χ1) is 18.1. The standard InChI is InChI=1S/C31H36F6O/c1-2-3-4-5-6-20-7-9-21(10-8-20)11-12-22-13-15-25-24(17-22)19-27(33)29(30(25)34)23-14-16-28(26(32)18-23)38-31(35,36)37/h13-14,16,18-21H,2-12,15,17H2,1H3. The van der Waals surface area contributed by atoms with Crippen LogP contribution in [0.1, 0.15) is 88.7 Å². The van der Waals surface area contributed by atoms with Gasteiger partial charge in [-0.15, -0.1) is 13.2 Å². The fourth-order valence-electron chi connectivity index (χ4n) is 6.03. The van der Waals surface area contributed by atoms with E-state index in [1.807, 2.05) is 6.08 Å². The Morgan fingerprint density at radius 1 is 0.868 bits per heavy atom. The molecule has 0 atom stereocenters. The van der Waals surface area contributed by atoms with Gasteiger partial charge in [0.15, 0.2) is 11.6 Å². The number of allylic oxidation sites excluding steroid dienone is 2. The molecule has 2 aromatic carbocycles. The highest BCUT2D eigenvalue weighted by atomic mass is 19.4. The largest absolute Gasteiger partial charge is 0.573 e. The fraction of sp³-hybridized carbons (Fsp3) is 0.548. The second-order valence-corrected chi connectivity index (χ2v) is 10.9. The summed E-state index contributed by atoms with van der Waals surface area (Å²) in [5.41, 5.74) is 1.50. The van der Waals surface area contributed by atoms with Gasteiger partial charge in [0.2, 0.25) is 0 Å². The van der Waals surface area contributed by atoms with Crippen LogP contribution in [0.15, 0.2) is 35.9 Å². The van der Waals surface area contributed by atoms with Gasteiger partial charge >= 0.3 is 6.36 Å². The molecule has 38 heavy (non-hydrogen) atoms. The van der Waals surface area contributed by atoms with Crippen LogP contribution < -0.4 is 4.74 Å². The maximum Gasteiger partial charge on any atom is 0.573 e. The van der Waals surface area contributed by atoms with Gasteiger partial charge in [0, 0.05) is 0 Å². The second kappa shape index (κ2) is 12.6. The maximum absolute atomic E-state index is 15.4. The molecule has 0 bridgehead atoms. The molecule has 0 aromatic heterocycles. The van der Waals surface area contributed by atoms with Gasteiger partial charge in [-0.1, -0.05) is 82.4 Å². The van der Waals surface area contributed by atoms with Gasteiger partial charge in [0.25, 0.3) is 0 Å². The van der Waals surface area contributed by atoms with Crippen molar-refractivity contribution < 1.29 is 31.1 Å². The van der Waals surface area contributed by atoms with Gasteiger partial charge < -0.3 is 4.74 Å². The fourth-order valence-corrected chi connectivity index (χ4v) is 6.03. The SMILES string of the molecule is CCCCCCC1CCC(CCC2=CCc3c(cc(F)c(-c4ccc(OC(F)(F)F)c(F)c4)c3F)C2)CC1. The van der Waals surface area contributed by atoms with Gasteiger partial charge in [-0.25, -0.2) is 13.2 Å². The van der Waals surface area contributed by atoms with E-state index in [1.54, 1.807) is 0 Å². The lowest BCUT2D eigenvalue weighted by atomic mass is 9.77. The van der Waals surface area contributed by atoms with E-state index < -0.39 is 35.1 Å². The molecular formula is C31H36F6O. The van der Waals surface area contributed by atoms with E-state index in [0.717, 1.165) is 30.9 Å². The minimum absolute atomic E-state index is 0.175. The normalized spacial score (nSPS) is 19.7. The zero-order valence-electron chi connectivity index (χ0n) is 21.9. The third-order valence-electron chi connectivity index (χ3n) is 8.18. The molecule has 0 heterocycles. The molecule has 0 spiro atoms. The molecule has 7 heteroatoms. The first-order valence-electron chi connectivity index (χ1n) is 13.9. The molecule has 2 aliphatic carbocycles. The molecule has 0 aliphatic heterocycles. The highest BCUT2D eigenvalue weighted by molar-refractivity contribution is 5.68. The molecule has 208 valence electrons. The molecule has 1 saturated carbocycles. The molecule has 2 aromatic rings. The predicted molar refractivity (Wildman–Crippen MR) is 137 cm³/mol. The number of ether oxygens (including phenoxy) is 1. The second-order valence-electron chi connectivity index (χ2n) is 10.9. The lowest BCUT2D eigenvalue weighted by molar-refractivity contribution is -0.275. The van der Waals surface area contributed by atoms with Crippen molar-refractivity contribution in [2.24, 2.45) is 11.8 Å². The number of rotatable bonds is 10. The minimum Gasteiger partial charge on any atom is -0.403 e. The van der Waals surface area contributed by atoms with E-state index in [2.05, 4.69) is 11.7 Å². The molecule has 0 N–H and O–H groups in total. The molecule has 4 rings (SSSR count). The number of halogens is 6. The van der Waals surface area contributed by atoms with Gasteiger partial charge in [-0.3, -0.25) is 0 Å². The number of hydrogen-bond acceptors (Lipinski definition) is 1. The van der Waals surface area contributed by atoms with Crippen molar-refractivity contribution in [3.8, 4) is 16.9 Å². The van der Waals surface area contributed by atoms with Crippen LogP contribution >= 0.6 is 0 Å². The van der Waals surface area contributed by atoms with E-state index in [9.17, 15) is 17.6 Å². The van der Waals surface area contributed by atoms with E-state index in [1.165, 1.54) is 69.4 Å². The summed E-state index contributed by atoms with van der Waals surface area (Å²) in [6.45, 7) is 2.24. The Morgan fingerprint density at radius 3 is 2.24 bits per heavy atom. The van der Waals surface area contributed by atoms with E-state index >= 15 is 8.78 Å². The Hall–Kier alpha value is -2.44. The smallest absolute Gasteiger partial charge is 0.403 e. The first-order valence-corrected chi connectivity index (χ1v) is 13.9. The molecule has 0 amide bonds. The summed E-state index contributed by atoms with van der Waals surface area (Å²) < 4.78 is 85.4. The topological polar surface area (TPSA) is 9.23 Å². The first kappa shape index (κ1) is 28.6. The molecule has 0 unspecified atom stereocenters. The number of benzene rings is 2. The van der Waals surface area contributed by atoms with Crippen LogP contribution in [0.3, 0.4) is 0 Å². The van der Waals surface area contributed by atoms with Crippen molar-refractivity contribution in [3.63, 3.8) is 0 Å². The quantitative estimate of drug-likeness (QED) is 0.166. The van der Waals surface area contributed by atoms with E-state index in [4.69, 9.17) is 0 Å². The van der Waals surface area contributed by atoms with Crippen molar-refractivity contribution in [2.75, 3.05) is 0 Å². The summed E-state index contributed by atoms with van der Waals surface area (Å²) in [5, 5.41) is 0. The minimum atomic E-state index is -5.07.